The van der Waals surface area contributed by atoms with Crippen LogP contribution in [-0.2, 0) is 27.4 Å². The number of rotatable bonds is 22. The predicted molar refractivity (Wildman–Crippen MR) is 161 cm³/mol. The molecule has 0 N–H and O–H groups in total. The van der Waals surface area contributed by atoms with Gasteiger partial charge in [-0.3, -0.25) is 4.79 Å². The van der Waals surface area contributed by atoms with E-state index >= 15 is 0 Å². The van der Waals surface area contributed by atoms with Crippen LogP contribution in [0.3, 0.4) is 0 Å². The van der Waals surface area contributed by atoms with Crippen molar-refractivity contribution < 1.29 is 36.0 Å². The fourth-order valence-electron chi connectivity index (χ4n) is 5.05. The topological polar surface area (TPSA) is 59.7 Å². The van der Waals surface area contributed by atoms with Crippen molar-refractivity contribution in [1.29, 1.82) is 0 Å². The number of pyridine rings is 1. The van der Waals surface area contributed by atoms with Crippen LogP contribution in [0.2, 0.25) is 0 Å². The molecule has 1 fully saturated rings. The standard InChI is InChI=1S/C32H55N2O4S.ClH/c1-4-6-7-8-9-10-11-12-13-14-15-16-17-20-23-37-26-30-24-31(39-30)27-38-32(36)34(28(3)35)25-29-21-18-19-22-33(29)5-2;/h18-19,21-22,30-31H,4-17,20,23-27H2,1-3H3;1H/q+1;/p-1. The molecule has 0 bridgehead atoms. The molecule has 1 saturated heterocycles. The van der Waals surface area contributed by atoms with Gasteiger partial charge in [-0.2, -0.15) is 0 Å². The van der Waals surface area contributed by atoms with E-state index in [2.05, 4.69) is 6.92 Å². The number of aryl methyl sites for hydroxylation is 1. The van der Waals surface area contributed by atoms with Gasteiger partial charge in [0.15, 0.2) is 6.20 Å². The molecule has 0 aromatic carbocycles. The molecule has 2 unspecified atom stereocenters. The van der Waals surface area contributed by atoms with Crippen molar-refractivity contribution in [2.45, 2.75) is 141 Å². The maximum Gasteiger partial charge on any atom is 0.417 e. The van der Waals surface area contributed by atoms with Gasteiger partial charge in [0, 0.05) is 36.2 Å². The summed E-state index contributed by atoms with van der Waals surface area (Å²) in [5, 5.41) is 0.770. The van der Waals surface area contributed by atoms with Crippen LogP contribution in [0, 0.1) is 0 Å². The Hall–Kier alpha value is -1.31. The van der Waals surface area contributed by atoms with Gasteiger partial charge in [0.05, 0.1) is 6.61 Å². The first-order valence-corrected chi connectivity index (χ1v) is 16.6. The summed E-state index contributed by atoms with van der Waals surface area (Å²) in [6.07, 6.45) is 21.6. The summed E-state index contributed by atoms with van der Waals surface area (Å²) in [7, 11) is 0. The van der Waals surface area contributed by atoms with Crippen molar-refractivity contribution in [2.75, 3.05) is 19.8 Å². The van der Waals surface area contributed by atoms with Gasteiger partial charge in [0.25, 0.3) is 0 Å². The van der Waals surface area contributed by atoms with E-state index in [0.717, 1.165) is 38.3 Å². The molecule has 6 nitrogen and oxygen atoms in total. The lowest BCUT2D eigenvalue weighted by Gasteiger charge is -2.34. The number of ether oxygens (including phenoxy) is 2. The Morgan fingerprint density at radius 3 is 1.98 bits per heavy atom. The molecule has 2 rings (SSSR count). The summed E-state index contributed by atoms with van der Waals surface area (Å²) < 4.78 is 13.4. The molecule has 1 aliphatic rings. The molecule has 1 aliphatic heterocycles. The molecule has 2 heterocycles. The third-order valence-corrected chi connectivity index (χ3v) is 8.97. The van der Waals surface area contributed by atoms with Crippen molar-refractivity contribution in [3.05, 3.63) is 30.1 Å². The molecule has 2 atom stereocenters. The van der Waals surface area contributed by atoms with Gasteiger partial charge in [0.1, 0.15) is 19.7 Å². The molecule has 0 saturated carbocycles. The SMILES string of the molecule is CCCCCCCCCCCCCCCCOCC1CC(COC(=O)N(Cc2cccc[n+]2CC)C(C)=O)S1.[Cl-]. The number of hydrogen-bond donors (Lipinski definition) is 0. The maximum atomic E-state index is 12.6. The smallest absolute Gasteiger partial charge is 0.417 e. The maximum absolute atomic E-state index is 12.6. The fourth-order valence-corrected chi connectivity index (χ4v) is 6.25. The van der Waals surface area contributed by atoms with E-state index in [0.29, 0.717) is 11.9 Å². The van der Waals surface area contributed by atoms with Crippen LogP contribution in [0.4, 0.5) is 4.79 Å². The highest BCUT2D eigenvalue weighted by Gasteiger charge is 2.32. The lowest BCUT2D eigenvalue weighted by molar-refractivity contribution is -0.701. The van der Waals surface area contributed by atoms with Crippen molar-refractivity contribution in [3.63, 3.8) is 0 Å². The van der Waals surface area contributed by atoms with Crippen LogP contribution >= 0.6 is 11.8 Å². The van der Waals surface area contributed by atoms with Crippen molar-refractivity contribution in [3.8, 4) is 0 Å². The first-order chi connectivity index (χ1) is 19.0. The number of carbonyl (C=O) groups is 2. The molecule has 2 amide bonds. The Labute approximate surface area is 254 Å². The highest BCUT2D eigenvalue weighted by molar-refractivity contribution is 8.01. The van der Waals surface area contributed by atoms with Crippen molar-refractivity contribution in [1.82, 2.24) is 4.90 Å². The van der Waals surface area contributed by atoms with Crippen LogP contribution in [0.5, 0.6) is 0 Å². The molecule has 0 spiro atoms. The minimum absolute atomic E-state index is 0. The zero-order valence-electron chi connectivity index (χ0n) is 25.4. The van der Waals surface area contributed by atoms with E-state index in [9.17, 15) is 9.59 Å². The van der Waals surface area contributed by atoms with Crippen molar-refractivity contribution >= 4 is 23.8 Å². The van der Waals surface area contributed by atoms with E-state index < -0.39 is 6.09 Å². The third kappa shape index (κ3) is 15.6. The number of thioether (sulfide) groups is 1. The molecule has 1 aromatic heterocycles. The number of unbranched alkanes of at least 4 members (excludes halogenated alkanes) is 13. The second kappa shape index (κ2) is 23.3. The van der Waals surface area contributed by atoms with Crippen LogP contribution in [0.15, 0.2) is 24.4 Å². The minimum atomic E-state index is -0.563. The molecule has 0 radical (unpaired) electrons. The van der Waals surface area contributed by atoms with Crippen LogP contribution in [0.25, 0.3) is 0 Å². The average Bonchev–Trinajstić information content (AvgIpc) is 2.91. The lowest BCUT2D eigenvalue weighted by Crippen LogP contribution is -3.00. The monoisotopic (exact) mass is 598 g/mol. The molecular formula is C32H55ClN2O4S. The van der Waals surface area contributed by atoms with Gasteiger partial charge in [-0.1, -0.05) is 96.5 Å². The second-order valence-corrected chi connectivity index (χ2v) is 12.6. The second-order valence-electron chi connectivity index (χ2n) is 10.9. The Morgan fingerprint density at radius 1 is 0.875 bits per heavy atom. The number of carbonyl (C=O) groups excluding carboxylic acids is 2. The zero-order chi connectivity index (χ0) is 28.1. The highest BCUT2D eigenvalue weighted by atomic mass is 35.5. The predicted octanol–water partition coefficient (Wildman–Crippen LogP) is 4.86. The summed E-state index contributed by atoms with van der Waals surface area (Å²) >= 11 is 1.82. The normalized spacial score (nSPS) is 16.2. The first-order valence-electron chi connectivity index (χ1n) is 15.7. The molecular weight excluding hydrogens is 544 g/mol. The number of aromatic nitrogens is 1. The van der Waals surface area contributed by atoms with E-state index in [1.165, 1.54) is 95.3 Å². The zero-order valence-corrected chi connectivity index (χ0v) is 27.0. The van der Waals surface area contributed by atoms with E-state index in [4.69, 9.17) is 9.47 Å². The van der Waals surface area contributed by atoms with Gasteiger partial charge in [-0.25, -0.2) is 14.3 Å². The first kappa shape index (κ1) is 36.7. The van der Waals surface area contributed by atoms with Crippen LogP contribution < -0.4 is 17.0 Å². The molecule has 1 aromatic rings. The van der Waals surface area contributed by atoms with Gasteiger partial charge in [-0.15, -0.1) is 11.8 Å². The van der Waals surface area contributed by atoms with Crippen molar-refractivity contribution in [2.24, 2.45) is 0 Å². The molecule has 8 heteroatoms. The number of hydrogen-bond acceptors (Lipinski definition) is 5. The van der Waals surface area contributed by atoms with E-state index in [1.54, 1.807) is 0 Å². The summed E-state index contributed by atoms with van der Waals surface area (Å²) in [6, 6.07) is 5.78. The van der Waals surface area contributed by atoms with Gasteiger partial charge in [0.2, 0.25) is 11.6 Å². The highest BCUT2D eigenvalue weighted by Crippen LogP contribution is 2.37. The number of imide groups is 1. The molecule has 40 heavy (non-hydrogen) atoms. The number of amides is 2. The summed E-state index contributed by atoms with van der Waals surface area (Å²) in [5.41, 5.74) is 0.904. The largest absolute Gasteiger partial charge is 1.00 e. The van der Waals surface area contributed by atoms with Crippen LogP contribution in [0.1, 0.15) is 123 Å². The Morgan fingerprint density at radius 2 is 1.43 bits per heavy atom. The van der Waals surface area contributed by atoms with E-state index in [1.807, 2.05) is 47.6 Å². The van der Waals surface area contributed by atoms with Gasteiger partial charge < -0.3 is 21.9 Å². The number of halogens is 1. The summed E-state index contributed by atoms with van der Waals surface area (Å²) in [6.45, 7) is 8.68. The third-order valence-electron chi connectivity index (χ3n) is 7.55. The van der Waals surface area contributed by atoms with Gasteiger partial charge >= 0.3 is 6.09 Å². The quantitative estimate of drug-likeness (QED) is 0.141. The summed E-state index contributed by atoms with van der Waals surface area (Å²) in [5.74, 6) is -0.303. The Balaban J connectivity index is 0.00000800. The molecule has 230 valence electrons. The lowest BCUT2D eigenvalue weighted by atomic mass is 10.0. The summed E-state index contributed by atoms with van der Waals surface area (Å²) in [4.78, 5) is 25.9. The Kier molecular flexibility index (Phi) is 21.4. The minimum Gasteiger partial charge on any atom is -1.00 e. The molecule has 0 aliphatic carbocycles. The average molecular weight is 599 g/mol. The van der Waals surface area contributed by atoms with Gasteiger partial charge in [-0.05, 0) is 19.8 Å². The van der Waals surface area contributed by atoms with E-state index in [-0.39, 0.29) is 30.1 Å². The number of nitrogens with zero attached hydrogens (tertiary/aromatic N) is 2. The van der Waals surface area contributed by atoms with Crippen LogP contribution in [-0.4, -0.2) is 47.2 Å². The Bertz CT molecular complexity index is 807. The fraction of sp³-hybridized carbons (Fsp3) is 0.781.